The molecule has 4 nitrogen and oxygen atoms in total. The molecule has 0 atom stereocenters. The molecule has 2 aromatic rings. The number of methoxy groups -OCH3 is 1. The van der Waals surface area contributed by atoms with Crippen molar-refractivity contribution < 1.29 is 4.74 Å². The van der Waals surface area contributed by atoms with E-state index in [0.29, 0.717) is 0 Å². The third kappa shape index (κ3) is 4.20. The number of nitrogens with one attached hydrogen (secondary N) is 1. The van der Waals surface area contributed by atoms with Crippen LogP contribution in [0, 0.1) is 6.92 Å². The monoisotopic (exact) mass is 285 g/mol. The summed E-state index contributed by atoms with van der Waals surface area (Å²) in [5.74, 6) is 0.953. The number of nitrogens with zero attached hydrogens (tertiary/aromatic N) is 2. The molecule has 0 fully saturated rings. The van der Waals surface area contributed by atoms with E-state index in [1.807, 2.05) is 35.9 Å². The molecule has 0 spiro atoms. The highest BCUT2D eigenvalue weighted by atomic mass is 16.5. The maximum absolute atomic E-state index is 5.36. The second kappa shape index (κ2) is 7.64. The zero-order chi connectivity index (χ0) is 15.1. The molecule has 1 aromatic carbocycles. The molecule has 2 rings (SSSR count). The molecule has 4 heteroatoms. The quantitative estimate of drug-likeness (QED) is 0.599. The highest BCUT2D eigenvalue weighted by molar-refractivity contribution is 5.33. The first-order chi connectivity index (χ1) is 10.2. The highest BCUT2D eigenvalue weighted by Gasteiger charge is 2.04. The number of hydrogen-bond acceptors (Lipinski definition) is 3. The van der Waals surface area contributed by atoms with Crippen LogP contribution in [0.3, 0.4) is 0 Å². The van der Waals surface area contributed by atoms with E-state index in [1.165, 1.54) is 11.1 Å². The number of ether oxygens (including phenoxy) is 1. The Balaban J connectivity index is 1.83. The number of benzene rings is 1. The Morgan fingerprint density at radius 3 is 2.90 bits per heavy atom. The summed E-state index contributed by atoms with van der Waals surface area (Å²) in [6.45, 7) is 8.26. The Bertz CT molecular complexity index is 589. The predicted octanol–water partition coefficient (Wildman–Crippen LogP) is 2.72. The molecule has 21 heavy (non-hydrogen) atoms. The topological polar surface area (TPSA) is 39.1 Å². The SMILES string of the molecule is C=CCn1cc(CNCCc2ccccc2OC)c(C)n1. The van der Waals surface area contributed by atoms with Gasteiger partial charge in [0.1, 0.15) is 5.75 Å². The minimum Gasteiger partial charge on any atom is -0.496 e. The van der Waals surface area contributed by atoms with Crippen LogP contribution in [0.25, 0.3) is 0 Å². The first kappa shape index (κ1) is 15.3. The van der Waals surface area contributed by atoms with Crippen molar-refractivity contribution in [1.29, 1.82) is 0 Å². The van der Waals surface area contributed by atoms with E-state index in [2.05, 4.69) is 29.3 Å². The van der Waals surface area contributed by atoms with Gasteiger partial charge in [-0.3, -0.25) is 4.68 Å². The minimum absolute atomic E-state index is 0.752. The fourth-order valence-electron chi connectivity index (χ4n) is 2.31. The summed E-state index contributed by atoms with van der Waals surface area (Å²) < 4.78 is 7.28. The van der Waals surface area contributed by atoms with Crippen molar-refractivity contribution in [2.75, 3.05) is 13.7 Å². The van der Waals surface area contributed by atoms with Crippen LogP contribution >= 0.6 is 0 Å². The van der Waals surface area contributed by atoms with E-state index in [1.54, 1.807) is 7.11 Å². The summed E-state index contributed by atoms with van der Waals surface area (Å²) >= 11 is 0. The van der Waals surface area contributed by atoms with E-state index < -0.39 is 0 Å². The van der Waals surface area contributed by atoms with Gasteiger partial charge in [-0.05, 0) is 31.5 Å². The van der Waals surface area contributed by atoms with Crippen molar-refractivity contribution in [3.05, 3.63) is 59.9 Å². The van der Waals surface area contributed by atoms with Gasteiger partial charge in [0.15, 0.2) is 0 Å². The fraction of sp³-hybridized carbons (Fsp3) is 0.353. The molecule has 1 N–H and O–H groups in total. The molecular weight excluding hydrogens is 262 g/mol. The summed E-state index contributed by atoms with van der Waals surface area (Å²) in [5.41, 5.74) is 3.53. The average Bonchev–Trinajstić information content (AvgIpc) is 2.84. The molecule has 0 aliphatic heterocycles. The Labute approximate surface area is 126 Å². The zero-order valence-electron chi connectivity index (χ0n) is 12.8. The lowest BCUT2D eigenvalue weighted by atomic mass is 10.1. The second-order valence-electron chi connectivity index (χ2n) is 4.99. The molecule has 0 bridgehead atoms. The molecule has 0 amide bonds. The first-order valence-corrected chi connectivity index (χ1v) is 7.21. The Morgan fingerprint density at radius 2 is 2.14 bits per heavy atom. The van der Waals surface area contributed by atoms with Gasteiger partial charge in [0.2, 0.25) is 0 Å². The zero-order valence-corrected chi connectivity index (χ0v) is 12.8. The number of aryl methyl sites for hydroxylation is 1. The van der Waals surface area contributed by atoms with Gasteiger partial charge in [-0.15, -0.1) is 6.58 Å². The van der Waals surface area contributed by atoms with E-state index in [4.69, 9.17) is 4.74 Å². The van der Waals surface area contributed by atoms with Gasteiger partial charge < -0.3 is 10.1 Å². The van der Waals surface area contributed by atoms with Gasteiger partial charge in [-0.1, -0.05) is 24.3 Å². The smallest absolute Gasteiger partial charge is 0.122 e. The van der Waals surface area contributed by atoms with Gasteiger partial charge >= 0.3 is 0 Å². The number of hydrogen-bond donors (Lipinski definition) is 1. The molecule has 112 valence electrons. The molecule has 0 radical (unpaired) electrons. The van der Waals surface area contributed by atoms with E-state index in [-0.39, 0.29) is 0 Å². The molecule has 0 aliphatic carbocycles. The fourth-order valence-corrected chi connectivity index (χ4v) is 2.31. The number of para-hydroxylation sites is 1. The summed E-state index contributed by atoms with van der Waals surface area (Å²) in [5, 5.41) is 7.91. The Kier molecular flexibility index (Phi) is 5.58. The number of rotatable bonds is 8. The van der Waals surface area contributed by atoms with Gasteiger partial charge in [0.25, 0.3) is 0 Å². The van der Waals surface area contributed by atoms with Crippen LogP contribution < -0.4 is 10.1 Å². The van der Waals surface area contributed by atoms with Crippen LogP contribution in [0.1, 0.15) is 16.8 Å². The van der Waals surface area contributed by atoms with E-state index >= 15 is 0 Å². The molecule has 0 saturated heterocycles. The molecule has 0 saturated carbocycles. The molecular formula is C17H23N3O. The first-order valence-electron chi connectivity index (χ1n) is 7.21. The summed E-state index contributed by atoms with van der Waals surface area (Å²) in [6.07, 6.45) is 4.88. The third-order valence-corrected chi connectivity index (χ3v) is 3.44. The van der Waals surface area contributed by atoms with Crippen molar-refractivity contribution in [3.63, 3.8) is 0 Å². The molecule has 0 aliphatic rings. The van der Waals surface area contributed by atoms with Gasteiger partial charge in [-0.25, -0.2) is 0 Å². The third-order valence-electron chi connectivity index (χ3n) is 3.44. The molecule has 1 heterocycles. The van der Waals surface area contributed by atoms with Crippen molar-refractivity contribution in [1.82, 2.24) is 15.1 Å². The lowest BCUT2D eigenvalue weighted by Gasteiger charge is -2.08. The lowest BCUT2D eigenvalue weighted by molar-refractivity contribution is 0.409. The maximum atomic E-state index is 5.36. The summed E-state index contributed by atoms with van der Waals surface area (Å²) in [7, 11) is 1.71. The average molecular weight is 285 g/mol. The van der Waals surface area contributed by atoms with Crippen LogP contribution in [0.15, 0.2) is 43.1 Å². The maximum Gasteiger partial charge on any atom is 0.122 e. The Morgan fingerprint density at radius 1 is 1.33 bits per heavy atom. The molecule has 0 unspecified atom stereocenters. The lowest BCUT2D eigenvalue weighted by Crippen LogP contribution is -2.17. The minimum atomic E-state index is 0.752. The second-order valence-corrected chi connectivity index (χ2v) is 4.99. The van der Waals surface area contributed by atoms with E-state index in [0.717, 1.165) is 37.5 Å². The normalized spacial score (nSPS) is 10.6. The van der Waals surface area contributed by atoms with Crippen molar-refractivity contribution in [3.8, 4) is 5.75 Å². The predicted molar refractivity (Wildman–Crippen MR) is 85.6 cm³/mol. The van der Waals surface area contributed by atoms with Crippen LogP contribution in [0.2, 0.25) is 0 Å². The van der Waals surface area contributed by atoms with Crippen LogP contribution in [0.5, 0.6) is 5.75 Å². The highest BCUT2D eigenvalue weighted by Crippen LogP contribution is 2.17. The summed E-state index contributed by atoms with van der Waals surface area (Å²) in [6, 6.07) is 8.14. The van der Waals surface area contributed by atoms with E-state index in [9.17, 15) is 0 Å². The van der Waals surface area contributed by atoms with Crippen LogP contribution in [-0.2, 0) is 19.5 Å². The summed E-state index contributed by atoms with van der Waals surface area (Å²) in [4.78, 5) is 0. The van der Waals surface area contributed by atoms with Crippen molar-refractivity contribution in [2.45, 2.75) is 26.4 Å². The standard InChI is InChI=1S/C17H23N3O/c1-4-11-20-13-16(14(2)19-20)12-18-10-9-15-7-5-6-8-17(15)21-3/h4-8,13,18H,1,9-12H2,2-3H3. The van der Waals surface area contributed by atoms with Crippen LogP contribution in [-0.4, -0.2) is 23.4 Å². The number of aromatic nitrogens is 2. The van der Waals surface area contributed by atoms with Gasteiger partial charge in [0, 0.05) is 18.3 Å². The van der Waals surface area contributed by atoms with Gasteiger partial charge in [-0.2, -0.15) is 5.10 Å². The van der Waals surface area contributed by atoms with Gasteiger partial charge in [0.05, 0.1) is 19.3 Å². The van der Waals surface area contributed by atoms with Crippen molar-refractivity contribution in [2.24, 2.45) is 0 Å². The number of allylic oxidation sites excluding steroid dienone is 1. The van der Waals surface area contributed by atoms with Crippen molar-refractivity contribution >= 4 is 0 Å². The van der Waals surface area contributed by atoms with Crippen LogP contribution in [0.4, 0.5) is 0 Å². The Hall–Kier alpha value is -2.07. The largest absolute Gasteiger partial charge is 0.496 e. The molecule has 1 aromatic heterocycles.